The van der Waals surface area contributed by atoms with Crippen molar-refractivity contribution in [3.05, 3.63) is 71.8 Å². The molecular weight excluding hydrogens is 294 g/mol. The van der Waals surface area contributed by atoms with Crippen LogP contribution >= 0.6 is 0 Å². The Morgan fingerprint density at radius 2 is 1.62 bits per heavy atom. The van der Waals surface area contributed by atoms with E-state index in [1.165, 1.54) is 38.0 Å². The largest absolute Gasteiger partial charge is 0.303 e. The molecule has 0 spiro atoms. The molecule has 0 aliphatic carbocycles. The number of hydrogen-bond donors (Lipinski definition) is 0. The SMILES string of the molecule is O=C(CCCCCN1CC[C@@H](c2ccccc2)C1)c1ccccc1. The maximum atomic E-state index is 12.1. The van der Waals surface area contributed by atoms with Gasteiger partial charge in [-0.2, -0.15) is 0 Å². The molecule has 2 nitrogen and oxygen atoms in total. The highest BCUT2D eigenvalue weighted by molar-refractivity contribution is 5.95. The van der Waals surface area contributed by atoms with Gasteiger partial charge in [0, 0.05) is 18.5 Å². The van der Waals surface area contributed by atoms with Crippen molar-refractivity contribution in [2.24, 2.45) is 0 Å². The van der Waals surface area contributed by atoms with E-state index in [1.807, 2.05) is 30.3 Å². The third-order valence-electron chi connectivity index (χ3n) is 5.02. The Bertz CT molecular complexity index is 623. The summed E-state index contributed by atoms with van der Waals surface area (Å²) in [7, 11) is 0. The van der Waals surface area contributed by atoms with Crippen LogP contribution in [-0.2, 0) is 0 Å². The van der Waals surface area contributed by atoms with Gasteiger partial charge in [0.25, 0.3) is 0 Å². The van der Waals surface area contributed by atoms with Crippen molar-refractivity contribution >= 4 is 5.78 Å². The summed E-state index contributed by atoms with van der Waals surface area (Å²) in [5.41, 5.74) is 2.33. The first kappa shape index (κ1) is 16.9. The second-order valence-corrected chi connectivity index (χ2v) is 6.80. The minimum atomic E-state index is 0.279. The number of likely N-dealkylation sites (tertiary alicyclic amines) is 1. The van der Waals surface area contributed by atoms with Crippen molar-refractivity contribution in [1.82, 2.24) is 4.90 Å². The normalized spacial score (nSPS) is 17.9. The molecule has 2 aromatic rings. The lowest BCUT2D eigenvalue weighted by atomic mass is 9.99. The van der Waals surface area contributed by atoms with E-state index in [9.17, 15) is 4.79 Å². The van der Waals surface area contributed by atoms with Gasteiger partial charge in [-0.1, -0.05) is 67.1 Å². The third kappa shape index (κ3) is 4.78. The summed E-state index contributed by atoms with van der Waals surface area (Å²) in [5, 5.41) is 0. The van der Waals surface area contributed by atoms with E-state index in [0.29, 0.717) is 12.3 Å². The summed E-state index contributed by atoms with van der Waals surface area (Å²) in [6.45, 7) is 3.57. The molecule has 2 heteroatoms. The summed E-state index contributed by atoms with van der Waals surface area (Å²) < 4.78 is 0. The van der Waals surface area contributed by atoms with E-state index in [0.717, 1.165) is 18.4 Å². The highest BCUT2D eigenvalue weighted by Crippen LogP contribution is 2.27. The highest BCUT2D eigenvalue weighted by atomic mass is 16.1. The molecule has 1 atom stereocenters. The predicted molar refractivity (Wildman–Crippen MR) is 99.5 cm³/mol. The molecule has 1 heterocycles. The number of unbranched alkanes of at least 4 members (excludes halogenated alkanes) is 2. The average molecular weight is 321 g/mol. The van der Waals surface area contributed by atoms with Crippen LogP contribution in [0.25, 0.3) is 0 Å². The van der Waals surface area contributed by atoms with Gasteiger partial charge in [0.1, 0.15) is 0 Å². The molecule has 126 valence electrons. The van der Waals surface area contributed by atoms with E-state index >= 15 is 0 Å². The Kier molecular flexibility index (Phi) is 6.20. The summed E-state index contributed by atoms with van der Waals surface area (Å²) in [5.74, 6) is 0.978. The fraction of sp³-hybridized carbons (Fsp3) is 0.409. The summed E-state index contributed by atoms with van der Waals surface area (Å²) in [6.07, 6.45) is 5.30. The summed E-state index contributed by atoms with van der Waals surface area (Å²) >= 11 is 0. The van der Waals surface area contributed by atoms with Crippen LogP contribution in [0.1, 0.15) is 53.9 Å². The molecule has 1 saturated heterocycles. The van der Waals surface area contributed by atoms with Crippen LogP contribution in [0.15, 0.2) is 60.7 Å². The molecule has 0 aromatic heterocycles. The van der Waals surface area contributed by atoms with E-state index in [-0.39, 0.29) is 5.78 Å². The highest BCUT2D eigenvalue weighted by Gasteiger charge is 2.22. The molecule has 0 amide bonds. The van der Waals surface area contributed by atoms with Gasteiger partial charge in [0.2, 0.25) is 0 Å². The number of nitrogens with zero attached hydrogens (tertiary/aromatic N) is 1. The Morgan fingerprint density at radius 3 is 2.38 bits per heavy atom. The van der Waals surface area contributed by atoms with Gasteiger partial charge in [-0.05, 0) is 43.8 Å². The average Bonchev–Trinajstić information content (AvgIpc) is 3.12. The predicted octanol–water partition coefficient (Wildman–Crippen LogP) is 4.92. The van der Waals surface area contributed by atoms with Gasteiger partial charge < -0.3 is 4.90 Å². The van der Waals surface area contributed by atoms with Crippen LogP contribution < -0.4 is 0 Å². The summed E-state index contributed by atoms with van der Waals surface area (Å²) in [6, 6.07) is 20.5. The van der Waals surface area contributed by atoms with Crippen molar-refractivity contribution in [3.63, 3.8) is 0 Å². The molecule has 0 radical (unpaired) electrons. The van der Waals surface area contributed by atoms with Crippen LogP contribution in [-0.4, -0.2) is 30.3 Å². The van der Waals surface area contributed by atoms with Crippen molar-refractivity contribution in [3.8, 4) is 0 Å². The van der Waals surface area contributed by atoms with Crippen molar-refractivity contribution in [2.45, 2.75) is 38.0 Å². The number of carbonyl (C=O) groups is 1. The monoisotopic (exact) mass is 321 g/mol. The maximum absolute atomic E-state index is 12.1. The van der Waals surface area contributed by atoms with Crippen LogP contribution in [0, 0.1) is 0 Å². The van der Waals surface area contributed by atoms with Gasteiger partial charge in [0.15, 0.2) is 5.78 Å². The van der Waals surface area contributed by atoms with E-state index in [1.54, 1.807) is 0 Å². The third-order valence-corrected chi connectivity index (χ3v) is 5.02. The van der Waals surface area contributed by atoms with Crippen molar-refractivity contribution in [1.29, 1.82) is 0 Å². The standard InChI is InChI=1S/C22H27NO/c24-22(20-12-6-2-7-13-20)14-8-3-9-16-23-17-15-21(18-23)19-10-4-1-5-11-19/h1-2,4-7,10-13,21H,3,8-9,14-18H2/t21-/m1/s1. The zero-order chi connectivity index (χ0) is 16.6. The van der Waals surface area contributed by atoms with Gasteiger partial charge in [-0.3, -0.25) is 4.79 Å². The first-order valence-corrected chi connectivity index (χ1v) is 9.18. The topological polar surface area (TPSA) is 20.3 Å². The number of hydrogen-bond acceptors (Lipinski definition) is 2. The molecule has 0 saturated carbocycles. The van der Waals surface area contributed by atoms with Gasteiger partial charge >= 0.3 is 0 Å². The van der Waals surface area contributed by atoms with Crippen LogP contribution in [0.2, 0.25) is 0 Å². The second-order valence-electron chi connectivity index (χ2n) is 6.80. The van der Waals surface area contributed by atoms with Crippen LogP contribution in [0.5, 0.6) is 0 Å². The molecule has 0 unspecified atom stereocenters. The smallest absolute Gasteiger partial charge is 0.162 e. The van der Waals surface area contributed by atoms with Gasteiger partial charge in [-0.25, -0.2) is 0 Å². The molecule has 1 fully saturated rings. The second kappa shape index (κ2) is 8.79. The molecule has 3 rings (SSSR count). The minimum absolute atomic E-state index is 0.279. The Labute approximate surface area is 145 Å². The Balaban J connectivity index is 1.31. The first-order chi connectivity index (χ1) is 11.8. The number of ketones is 1. The number of carbonyl (C=O) groups excluding carboxylic acids is 1. The fourth-order valence-electron chi connectivity index (χ4n) is 3.60. The molecule has 24 heavy (non-hydrogen) atoms. The van der Waals surface area contributed by atoms with Crippen molar-refractivity contribution < 1.29 is 4.79 Å². The number of rotatable bonds is 8. The first-order valence-electron chi connectivity index (χ1n) is 9.18. The molecular formula is C22H27NO. The minimum Gasteiger partial charge on any atom is -0.303 e. The zero-order valence-corrected chi connectivity index (χ0v) is 14.4. The van der Waals surface area contributed by atoms with Crippen LogP contribution in [0.4, 0.5) is 0 Å². The van der Waals surface area contributed by atoms with E-state index < -0.39 is 0 Å². The lowest BCUT2D eigenvalue weighted by Gasteiger charge is -2.16. The number of Topliss-reactive ketones (excluding diaryl/α,β-unsaturated/α-hetero) is 1. The van der Waals surface area contributed by atoms with Crippen molar-refractivity contribution in [2.75, 3.05) is 19.6 Å². The molecule has 1 aliphatic rings. The lowest BCUT2D eigenvalue weighted by molar-refractivity contribution is 0.0979. The van der Waals surface area contributed by atoms with Gasteiger partial charge in [-0.15, -0.1) is 0 Å². The Morgan fingerprint density at radius 1 is 0.917 bits per heavy atom. The summed E-state index contributed by atoms with van der Waals surface area (Å²) in [4.78, 5) is 14.6. The fourth-order valence-corrected chi connectivity index (χ4v) is 3.60. The van der Waals surface area contributed by atoms with Gasteiger partial charge in [0.05, 0.1) is 0 Å². The maximum Gasteiger partial charge on any atom is 0.162 e. The Hall–Kier alpha value is -1.93. The molecule has 0 N–H and O–H groups in total. The molecule has 0 bridgehead atoms. The molecule has 2 aromatic carbocycles. The van der Waals surface area contributed by atoms with E-state index in [2.05, 4.69) is 35.2 Å². The number of benzene rings is 2. The zero-order valence-electron chi connectivity index (χ0n) is 14.4. The lowest BCUT2D eigenvalue weighted by Crippen LogP contribution is -2.21. The van der Waals surface area contributed by atoms with E-state index in [4.69, 9.17) is 0 Å². The van der Waals surface area contributed by atoms with Crippen LogP contribution in [0.3, 0.4) is 0 Å². The quantitative estimate of drug-likeness (QED) is 0.508. The molecule has 1 aliphatic heterocycles.